The van der Waals surface area contributed by atoms with Crippen molar-refractivity contribution in [2.75, 3.05) is 0 Å². The van der Waals surface area contributed by atoms with E-state index in [1.54, 1.807) is 86.7 Å². The SMILES string of the molecule is [Cl-].[Cl-].[Pd+2]([C]12[CH]3[CH]4[CH]5[CH]1[Fe]45321678[CH]2[CH]1[CH]6[CH]7[CH]28)[C]12[CH]3[CH]4[CH]5[CH]1[Fe]45321678[CH]2[CH]1[CH]6[CH]7[CH]28.c1ccc(Pc2ccccc2)cc1. The molecule has 20 aliphatic heterocycles. The zero-order chi connectivity index (χ0) is 21.7. The van der Waals surface area contributed by atoms with Gasteiger partial charge in [-0.1, -0.05) is 69.2 Å². The van der Waals surface area contributed by atoms with Gasteiger partial charge >= 0.3 is 123 Å². The van der Waals surface area contributed by atoms with Crippen molar-refractivity contribution in [3.63, 3.8) is 0 Å². The Morgan fingerprint density at radius 1 is 0.447 bits per heavy atom. The molecule has 0 radical (unpaired) electrons. The summed E-state index contributed by atoms with van der Waals surface area (Å²) in [5, 5.41) is 2.79. The summed E-state index contributed by atoms with van der Waals surface area (Å²) < 4.78 is 2.79. The van der Waals surface area contributed by atoms with Crippen LogP contribution in [0.25, 0.3) is 0 Å². The third-order valence-electron chi connectivity index (χ3n) is 30.9. The average Bonchev–Trinajstić information content (AvgIpc) is 3.79. The van der Waals surface area contributed by atoms with Gasteiger partial charge in [0, 0.05) is 0 Å². The van der Waals surface area contributed by atoms with Gasteiger partial charge in [-0.2, -0.15) is 0 Å². The first kappa shape index (κ1) is 17.4. The molecule has 22 rings (SSSR count). The zero-order valence-corrected chi connectivity index (χ0v) is 26.7. The standard InChI is InChI=1S/C12H11P.2C5H5.2C5H4.2ClH.2Fe.Pd/c1-3-7-11(8-4-1)13-12-9-5-2-6-10-12;4*1-2-4-5-3-1;;;;;/h1-10,13H;2*1-5H;2*1-4H;2*1H;;;/q;;;;;;;;;+2/p-2. The van der Waals surface area contributed by atoms with Crippen LogP contribution in [-0.2, 0) is 31.0 Å². The van der Waals surface area contributed by atoms with Crippen LogP contribution in [0.3, 0.4) is 0 Å². The first-order valence-electron chi connectivity index (χ1n) is 15.2. The molecule has 0 nitrogen and oxygen atoms in total. The summed E-state index contributed by atoms with van der Waals surface area (Å²) in [5.41, 5.74) is 0. The van der Waals surface area contributed by atoms with E-state index in [2.05, 4.69) is 60.7 Å². The van der Waals surface area contributed by atoms with E-state index in [0.717, 1.165) is 8.58 Å². The maximum atomic E-state index is 2.17. The summed E-state index contributed by atoms with van der Waals surface area (Å²) in [7, 11) is 0.777. The molecule has 0 N–H and O–H groups in total. The fourth-order valence-electron chi connectivity index (χ4n) is 33.3. The van der Waals surface area contributed by atoms with Crippen molar-refractivity contribution in [2.45, 2.75) is 92.3 Å². The predicted octanol–water partition coefficient (Wildman–Crippen LogP) is 2.83. The van der Waals surface area contributed by atoms with Crippen LogP contribution >= 0.6 is 8.58 Å². The van der Waals surface area contributed by atoms with Crippen molar-refractivity contribution >= 4 is 19.2 Å². The van der Waals surface area contributed by atoms with Crippen LogP contribution in [-0.4, -0.2) is 0 Å². The van der Waals surface area contributed by atoms with Gasteiger partial charge in [0.2, 0.25) is 0 Å². The number of rotatable bonds is 4. The average molecular weight is 734 g/mol. The van der Waals surface area contributed by atoms with Crippen molar-refractivity contribution in [3.8, 4) is 0 Å². The second kappa shape index (κ2) is 1.72. The zero-order valence-electron chi connectivity index (χ0n) is 20.4. The normalized spacial score (nSPS) is 107. The molecule has 0 aromatic heterocycles. The Morgan fingerprint density at radius 3 is 0.947 bits per heavy atom. The minimum Gasteiger partial charge on any atom is -0.0622 e. The Balaban J connectivity index is 0.0000000941. The number of fused-ring (bicyclic) bond motifs is 20. The van der Waals surface area contributed by atoms with Crippen LogP contribution in [0.15, 0.2) is 60.7 Å². The Hall–Kier alpha value is 1.15. The van der Waals surface area contributed by atoms with Crippen LogP contribution < -0.4 is 35.4 Å². The molecule has 8 unspecified atom stereocenters. The van der Waals surface area contributed by atoms with E-state index in [-0.39, 0.29) is 24.8 Å². The van der Waals surface area contributed by atoms with E-state index in [1.165, 1.54) is 34.2 Å². The van der Waals surface area contributed by atoms with Gasteiger partial charge in [-0.3, -0.25) is 0 Å². The maximum absolute atomic E-state index is 2.72. The van der Waals surface area contributed by atoms with Crippen molar-refractivity contribution in [1.29, 1.82) is 0 Å². The number of halogens is 2. The molecule has 0 amide bonds. The topological polar surface area (TPSA) is 0 Å². The second-order valence-electron chi connectivity index (χ2n) is 22.0. The molecule has 0 bridgehead atoms. The first-order valence-corrected chi connectivity index (χ1v) is 30.3. The Labute approximate surface area is 225 Å². The van der Waals surface area contributed by atoms with Crippen LogP contribution in [0.1, 0.15) is 0 Å². The summed E-state index contributed by atoms with van der Waals surface area (Å²) in [6.45, 7) is -5.43. The number of hydrogen-bond acceptors (Lipinski definition) is 0. The van der Waals surface area contributed by atoms with Crippen LogP contribution in [0.2, 0.25) is 92.3 Å². The molecule has 202 valence electrons. The van der Waals surface area contributed by atoms with Crippen LogP contribution in [0.5, 0.6) is 0 Å². The number of hydrogen-bond donors (Lipinski definition) is 0. The van der Waals surface area contributed by atoms with Gasteiger partial charge in [0.1, 0.15) is 0 Å². The minimum absolute atomic E-state index is 0. The van der Waals surface area contributed by atoms with Crippen molar-refractivity contribution < 1.29 is 55.8 Å². The van der Waals surface area contributed by atoms with E-state index in [9.17, 15) is 0 Å². The number of benzene rings is 2. The van der Waals surface area contributed by atoms with E-state index in [0.29, 0.717) is 0 Å². The molecule has 38 heavy (non-hydrogen) atoms. The summed E-state index contributed by atoms with van der Waals surface area (Å²) in [6.07, 6.45) is 0. The largest absolute Gasteiger partial charge is 0.0622 e. The Bertz CT molecular complexity index is 2290. The molecular formula is C32H29Cl2Fe2PPd. The third kappa shape index (κ3) is 0.236. The first-order chi connectivity index (χ1) is 17.2. The van der Waals surface area contributed by atoms with Gasteiger partial charge < -0.3 is 24.8 Å². The van der Waals surface area contributed by atoms with E-state index >= 15 is 0 Å². The van der Waals surface area contributed by atoms with Crippen LogP contribution in [0, 0.1) is 0 Å². The van der Waals surface area contributed by atoms with Crippen LogP contribution in [0.4, 0.5) is 0 Å². The Kier molecular flexibility index (Phi) is 0.788. The maximum Gasteiger partial charge on any atom is -0.0226 e. The Morgan fingerprint density at radius 2 is 0.737 bits per heavy atom. The van der Waals surface area contributed by atoms with E-state index < -0.39 is 13.0 Å². The molecule has 20 heterocycles. The minimum atomic E-state index is -2.72. The van der Waals surface area contributed by atoms with E-state index in [4.69, 9.17) is 0 Å². The second-order valence-corrected chi connectivity index (χ2v) is 74.8. The summed E-state index contributed by atoms with van der Waals surface area (Å²) in [5.74, 6) is 0. The van der Waals surface area contributed by atoms with Gasteiger partial charge in [0.05, 0.1) is 0 Å². The van der Waals surface area contributed by atoms with Gasteiger partial charge in [-0.25, -0.2) is 0 Å². The van der Waals surface area contributed by atoms with Gasteiger partial charge in [0.15, 0.2) is 0 Å². The molecular weight excluding hydrogens is 704 g/mol. The fraction of sp³-hybridized carbons (Fsp3) is 0.625. The molecule has 6 heteroatoms. The fourth-order valence-corrected chi connectivity index (χ4v) is 215. The molecule has 2 aromatic carbocycles. The molecule has 20 fully saturated rings. The van der Waals surface area contributed by atoms with Crippen molar-refractivity contribution in [1.82, 2.24) is 0 Å². The molecule has 2 spiro atoms. The van der Waals surface area contributed by atoms with Crippen molar-refractivity contribution in [2.24, 2.45) is 0 Å². The monoisotopic (exact) mass is 732 g/mol. The predicted molar refractivity (Wildman–Crippen MR) is 133 cm³/mol. The summed E-state index contributed by atoms with van der Waals surface area (Å²) >= 11 is 1.50. The third-order valence-corrected chi connectivity index (χ3v) is 133. The molecule has 0 saturated carbocycles. The van der Waals surface area contributed by atoms with Gasteiger partial charge in [-0.05, 0) is 10.6 Å². The molecule has 2 aromatic rings. The molecule has 20 aliphatic rings. The molecule has 8 atom stereocenters. The quantitative estimate of drug-likeness (QED) is 0.336. The summed E-state index contributed by atoms with van der Waals surface area (Å²) in [6, 6.07) is 21.2. The van der Waals surface area contributed by atoms with E-state index in [1.807, 2.05) is 0 Å². The smallest absolute Gasteiger partial charge is 0.0226 e. The molecule has 20 saturated heterocycles. The van der Waals surface area contributed by atoms with Crippen molar-refractivity contribution in [3.05, 3.63) is 60.7 Å². The van der Waals surface area contributed by atoms with Gasteiger partial charge in [-0.15, -0.1) is 0 Å². The molecule has 0 aliphatic carbocycles. The van der Waals surface area contributed by atoms with Gasteiger partial charge in [0.25, 0.3) is 0 Å². The summed E-state index contributed by atoms with van der Waals surface area (Å²) in [4.78, 5) is 29.5.